The van der Waals surface area contributed by atoms with E-state index < -0.39 is 0 Å². The van der Waals surface area contributed by atoms with E-state index in [1.807, 2.05) is 11.6 Å². The van der Waals surface area contributed by atoms with Crippen molar-refractivity contribution in [2.45, 2.75) is 45.5 Å². The summed E-state index contributed by atoms with van der Waals surface area (Å²) in [5.74, 6) is -0.329. The monoisotopic (exact) mass is 328 g/mol. The Kier molecular flexibility index (Phi) is 5.28. The summed E-state index contributed by atoms with van der Waals surface area (Å²) < 4.78 is 15.1. The van der Waals surface area contributed by atoms with Gasteiger partial charge in [0.1, 0.15) is 5.82 Å². The highest BCUT2D eigenvalue weighted by Gasteiger charge is 2.19. The molecular weight excluding hydrogens is 310 g/mol. The molecule has 0 amide bonds. The minimum absolute atomic E-state index is 0.0765. The molecule has 0 spiro atoms. The fraction of sp³-hybridized carbons (Fsp3) is 0.438. The molecule has 1 aromatic heterocycles. The van der Waals surface area contributed by atoms with E-state index in [-0.39, 0.29) is 11.2 Å². The number of hydrogen-bond donors (Lipinski definition) is 0. The molecule has 5 heteroatoms. The van der Waals surface area contributed by atoms with Crippen molar-refractivity contribution in [3.05, 3.63) is 51.6 Å². The van der Waals surface area contributed by atoms with E-state index in [1.165, 1.54) is 12.1 Å². The summed E-state index contributed by atoms with van der Waals surface area (Å²) in [6, 6.07) is 4.45. The molecule has 2 rings (SSSR count). The summed E-state index contributed by atoms with van der Waals surface area (Å²) in [5.41, 5.74) is 4.11. The van der Waals surface area contributed by atoms with E-state index in [4.69, 9.17) is 23.2 Å². The van der Waals surface area contributed by atoms with Gasteiger partial charge in [0.05, 0.1) is 17.6 Å². The van der Waals surface area contributed by atoms with Crippen LogP contribution in [0.4, 0.5) is 4.39 Å². The molecule has 0 saturated heterocycles. The average Bonchev–Trinajstić information content (AvgIpc) is 2.79. The second kappa shape index (κ2) is 6.80. The molecule has 1 heterocycles. The molecule has 1 unspecified atom stereocenters. The molecule has 0 bridgehead atoms. The Bertz CT molecular complexity index is 635. The van der Waals surface area contributed by atoms with Gasteiger partial charge in [-0.25, -0.2) is 4.39 Å². The predicted octanol–water partition coefficient (Wildman–Crippen LogP) is 5.15. The lowest BCUT2D eigenvalue weighted by Crippen LogP contribution is -2.07. The van der Waals surface area contributed by atoms with Gasteiger partial charge in [-0.3, -0.25) is 4.68 Å². The first kappa shape index (κ1) is 16.3. The van der Waals surface area contributed by atoms with Crippen molar-refractivity contribution in [3.8, 4) is 0 Å². The number of halogens is 3. The van der Waals surface area contributed by atoms with E-state index in [0.29, 0.717) is 11.6 Å². The van der Waals surface area contributed by atoms with Crippen molar-refractivity contribution in [2.75, 3.05) is 0 Å². The number of alkyl halides is 1. The molecule has 0 saturated carbocycles. The lowest BCUT2D eigenvalue weighted by Gasteiger charge is -2.10. The number of aromatic nitrogens is 2. The van der Waals surface area contributed by atoms with Crippen molar-refractivity contribution in [1.82, 2.24) is 9.78 Å². The largest absolute Gasteiger partial charge is 0.265 e. The lowest BCUT2D eigenvalue weighted by molar-refractivity contribution is 0.619. The fourth-order valence-electron chi connectivity index (χ4n) is 2.60. The van der Waals surface area contributed by atoms with Gasteiger partial charge < -0.3 is 0 Å². The van der Waals surface area contributed by atoms with Crippen LogP contribution in [-0.4, -0.2) is 9.78 Å². The molecule has 114 valence electrons. The lowest BCUT2D eigenvalue weighted by atomic mass is 10.1. The Hall–Kier alpha value is -1.06. The summed E-state index contributed by atoms with van der Waals surface area (Å²) in [6.45, 7) is 6.65. The number of rotatable bonds is 5. The summed E-state index contributed by atoms with van der Waals surface area (Å²) >= 11 is 12.4. The number of nitrogens with zero attached hydrogens (tertiary/aromatic N) is 2. The minimum atomic E-state index is -0.329. The molecular formula is C16H19Cl2FN2. The van der Waals surface area contributed by atoms with Crippen molar-refractivity contribution >= 4 is 23.2 Å². The van der Waals surface area contributed by atoms with Crippen LogP contribution in [0.2, 0.25) is 5.02 Å². The van der Waals surface area contributed by atoms with Gasteiger partial charge in [0, 0.05) is 16.3 Å². The molecule has 0 aliphatic carbocycles. The molecule has 0 N–H and O–H groups in total. The zero-order valence-electron chi connectivity index (χ0n) is 12.5. The molecule has 0 fully saturated rings. The Morgan fingerprint density at radius 1 is 1.29 bits per heavy atom. The summed E-state index contributed by atoms with van der Waals surface area (Å²) in [6.07, 6.45) is 1.68. The van der Waals surface area contributed by atoms with E-state index in [1.54, 1.807) is 6.07 Å². The topological polar surface area (TPSA) is 17.8 Å². The smallest absolute Gasteiger partial charge is 0.124 e. The standard InChI is InChI=1S/C16H19Cl2FN2/c1-4-14-16(10(3)17)15(5-2)21(20-14)9-11-6-7-12(19)8-13(11)18/h6-8,10H,4-5,9H2,1-3H3. The van der Waals surface area contributed by atoms with Crippen LogP contribution in [0.25, 0.3) is 0 Å². The van der Waals surface area contributed by atoms with Crippen LogP contribution in [0, 0.1) is 5.82 Å². The zero-order chi connectivity index (χ0) is 15.6. The maximum Gasteiger partial charge on any atom is 0.124 e. The molecule has 0 aliphatic rings. The molecule has 1 atom stereocenters. The van der Waals surface area contributed by atoms with E-state index in [2.05, 4.69) is 18.9 Å². The third-order valence-electron chi connectivity index (χ3n) is 3.58. The Morgan fingerprint density at radius 3 is 2.52 bits per heavy atom. The van der Waals surface area contributed by atoms with E-state index in [0.717, 1.165) is 35.4 Å². The number of aryl methyl sites for hydroxylation is 1. The first-order chi connectivity index (χ1) is 9.97. The van der Waals surface area contributed by atoms with Crippen LogP contribution < -0.4 is 0 Å². The third kappa shape index (κ3) is 3.41. The Labute approximate surface area is 134 Å². The molecule has 2 nitrogen and oxygen atoms in total. The highest BCUT2D eigenvalue weighted by molar-refractivity contribution is 6.31. The summed E-state index contributed by atoms with van der Waals surface area (Å²) in [4.78, 5) is 0. The molecule has 2 aromatic rings. The number of benzene rings is 1. The summed E-state index contributed by atoms with van der Waals surface area (Å²) in [5, 5.41) is 5.01. The maximum absolute atomic E-state index is 13.1. The molecule has 21 heavy (non-hydrogen) atoms. The maximum atomic E-state index is 13.1. The van der Waals surface area contributed by atoms with Crippen LogP contribution in [-0.2, 0) is 19.4 Å². The van der Waals surface area contributed by atoms with Gasteiger partial charge in [-0.15, -0.1) is 11.6 Å². The Morgan fingerprint density at radius 2 is 2.00 bits per heavy atom. The number of hydrogen-bond acceptors (Lipinski definition) is 1. The molecule has 0 aliphatic heterocycles. The highest BCUT2D eigenvalue weighted by Crippen LogP contribution is 2.29. The second-order valence-electron chi connectivity index (χ2n) is 5.02. The predicted molar refractivity (Wildman–Crippen MR) is 85.8 cm³/mol. The first-order valence-electron chi connectivity index (χ1n) is 7.14. The SMILES string of the molecule is CCc1nn(Cc2ccc(F)cc2Cl)c(CC)c1C(C)Cl. The van der Waals surface area contributed by atoms with Crippen molar-refractivity contribution in [3.63, 3.8) is 0 Å². The van der Waals surface area contributed by atoms with Gasteiger partial charge in [-0.2, -0.15) is 5.10 Å². The average molecular weight is 329 g/mol. The van der Waals surface area contributed by atoms with Crippen LogP contribution in [0.15, 0.2) is 18.2 Å². The van der Waals surface area contributed by atoms with Crippen molar-refractivity contribution in [1.29, 1.82) is 0 Å². The van der Waals surface area contributed by atoms with Crippen molar-refractivity contribution < 1.29 is 4.39 Å². The van der Waals surface area contributed by atoms with Gasteiger partial charge >= 0.3 is 0 Å². The van der Waals surface area contributed by atoms with Crippen LogP contribution in [0.1, 0.15) is 48.7 Å². The zero-order valence-corrected chi connectivity index (χ0v) is 14.0. The van der Waals surface area contributed by atoms with Crippen molar-refractivity contribution in [2.24, 2.45) is 0 Å². The van der Waals surface area contributed by atoms with E-state index >= 15 is 0 Å². The Balaban J connectivity index is 2.44. The van der Waals surface area contributed by atoms with Gasteiger partial charge in [0.25, 0.3) is 0 Å². The first-order valence-corrected chi connectivity index (χ1v) is 7.95. The summed E-state index contributed by atoms with van der Waals surface area (Å²) in [7, 11) is 0. The minimum Gasteiger partial charge on any atom is -0.265 e. The van der Waals surface area contributed by atoms with Gasteiger partial charge in [-0.05, 0) is 37.5 Å². The van der Waals surface area contributed by atoms with E-state index in [9.17, 15) is 4.39 Å². The highest BCUT2D eigenvalue weighted by atomic mass is 35.5. The normalized spacial score (nSPS) is 12.7. The third-order valence-corrected chi connectivity index (χ3v) is 4.15. The van der Waals surface area contributed by atoms with Gasteiger partial charge in [0.2, 0.25) is 0 Å². The van der Waals surface area contributed by atoms with Crippen LogP contribution >= 0.6 is 23.2 Å². The van der Waals surface area contributed by atoms with Gasteiger partial charge in [0.15, 0.2) is 0 Å². The van der Waals surface area contributed by atoms with Crippen LogP contribution in [0.3, 0.4) is 0 Å². The second-order valence-corrected chi connectivity index (χ2v) is 6.09. The quantitative estimate of drug-likeness (QED) is 0.694. The molecule has 1 aromatic carbocycles. The molecule has 0 radical (unpaired) electrons. The fourth-order valence-corrected chi connectivity index (χ4v) is 3.08. The van der Waals surface area contributed by atoms with Crippen LogP contribution in [0.5, 0.6) is 0 Å². The van der Waals surface area contributed by atoms with Gasteiger partial charge in [-0.1, -0.05) is 31.5 Å².